The van der Waals surface area contributed by atoms with Gasteiger partial charge in [0.05, 0.1) is 6.07 Å². The normalized spacial score (nSPS) is 19.0. The minimum absolute atomic E-state index is 0.235. The Morgan fingerprint density at radius 3 is 2.44 bits per heavy atom. The van der Waals surface area contributed by atoms with Gasteiger partial charge in [0.1, 0.15) is 10.6 Å². The molecule has 4 heteroatoms. The van der Waals surface area contributed by atoms with Gasteiger partial charge in [0.2, 0.25) is 0 Å². The fraction of sp³-hybridized carbons (Fsp3) is 0.417. The van der Waals surface area contributed by atoms with E-state index in [4.69, 9.17) is 0 Å². The molecule has 0 unspecified atom stereocenters. The first-order valence-electron chi connectivity index (χ1n) is 5.31. The zero-order chi connectivity index (χ0) is 11.4. The molecule has 1 aliphatic rings. The summed E-state index contributed by atoms with van der Waals surface area (Å²) >= 11 is 1.55. The highest BCUT2D eigenvalue weighted by Crippen LogP contribution is 2.38. The summed E-state index contributed by atoms with van der Waals surface area (Å²) in [6, 6.07) is 8.76. The summed E-state index contributed by atoms with van der Waals surface area (Å²) in [5.41, 5.74) is 0. The standard InChI is InChI=1S/C12H13FN2S/c13-10-1-3-11(4-2-10)16-12(9-14)5-7-15-8-6-12/h1-4,15H,5-8H2. The van der Waals surface area contributed by atoms with Crippen LogP contribution in [0, 0.1) is 17.1 Å². The molecule has 0 atom stereocenters. The van der Waals surface area contributed by atoms with E-state index in [1.165, 1.54) is 12.1 Å². The lowest BCUT2D eigenvalue weighted by Crippen LogP contribution is -2.38. The molecule has 1 aromatic rings. The number of nitrogens with zero attached hydrogens (tertiary/aromatic N) is 1. The molecule has 1 heterocycles. The Morgan fingerprint density at radius 1 is 1.25 bits per heavy atom. The lowest BCUT2D eigenvalue weighted by atomic mass is 9.99. The molecule has 1 N–H and O–H groups in total. The Labute approximate surface area is 98.8 Å². The van der Waals surface area contributed by atoms with Gasteiger partial charge in [0.25, 0.3) is 0 Å². The monoisotopic (exact) mass is 236 g/mol. The summed E-state index contributed by atoms with van der Waals surface area (Å²) in [6.07, 6.45) is 1.68. The van der Waals surface area contributed by atoms with E-state index in [1.807, 2.05) is 0 Å². The third kappa shape index (κ3) is 2.55. The molecule has 1 saturated heterocycles. The second-order valence-electron chi connectivity index (χ2n) is 3.91. The maximum atomic E-state index is 12.8. The number of nitrogens with one attached hydrogen (secondary N) is 1. The molecule has 1 aliphatic heterocycles. The molecular formula is C12H13FN2S. The molecule has 0 spiro atoms. The van der Waals surface area contributed by atoms with Crippen molar-refractivity contribution in [3.63, 3.8) is 0 Å². The van der Waals surface area contributed by atoms with Gasteiger partial charge in [0.15, 0.2) is 0 Å². The van der Waals surface area contributed by atoms with Crippen molar-refractivity contribution in [3.8, 4) is 6.07 Å². The molecule has 1 fully saturated rings. The molecule has 16 heavy (non-hydrogen) atoms. The first-order valence-corrected chi connectivity index (χ1v) is 6.12. The van der Waals surface area contributed by atoms with Crippen molar-refractivity contribution < 1.29 is 4.39 Å². The molecule has 0 aromatic heterocycles. The van der Waals surface area contributed by atoms with E-state index >= 15 is 0 Å². The van der Waals surface area contributed by atoms with Gasteiger partial charge < -0.3 is 5.32 Å². The minimum Gasteiger partial charge on any atom is -0.317 e. The number of thioether (sulfide) groups is 1. The smallest absolute Gasteiger partial charge is 0.123 e. The maximum absolute atomic E-state index is 12.8. The van der Waals surface area contributed by atoms with Gasteiger partial charge in [-0.05, 0) is 50.2 Å². The molecule has 0 radical (unpaired) electrons. The van der Waals surface area contributed by atoms with Crippen LogP contribution in [0.25, 0.3) is 0 Å². The highest BCUT2D eigenvalue weighted by atomic mass is 32.2. The van der Waals surface area contributed by atoms with Gasteiger partial charge in [-0.15, -0.1) is 11.8 Å². The first kappa shape index (κ1) is 11.4. The third-order valence-corrected chi connectivity index (χ3v) is 4.14. The van der Waals surface area contributed by atoms with E-state index in [0.717, 1.165) is 30.8 Å². The van der Waals surface area contributed by atoms with Crippen molar-refractivity contribution in [1.82, 2.24) is 5.32 Å². The van der Waals surface area contributed by atoms with Crippen LogP contribution < -0.4 is 5.32 Å². The van der Waals surface area contributed by atoms with Crippen LogP contribution >= 0.6 is 11.8 Å². The SMILES string of the molecule is N#CC1(Sc2ccc(F)cc2)CCNCC1. The molecule has 2 rings (SSSR count). The predicted octanol–water partition coefficient (Wildman–Crippen LogP) is 2.56. The van der Waals surface area contributed by atoms with Crippen LogP contribution in [-0.4, -0.2) is 17.8 Å². The van der Waals surface area contributed by atoms with Gasteiger partial charge in [-0.25, -0.2) is 4.39 Å². The van der Waals surface area contributed by atoms with E-state index in [-0.39, 0.29) is 10.6 Å². The number of halogens is 1. The number of nitriles is 1. The summed E-state index contributed by atoms with van der Waals surface area (Å²) < 4.78 is 12.4. The Bertz CT molecular complexity index is 390. The number of hydrogen-bond donors (Lipinski definition) is 1. The number of hydrogen-bond acceptors (Lipinski definition) is 3. The third-order valence-electron chi connectivity index (χ3n) is 2.74. The molecule has 0 amide bonds. The number of benzene rings is 1. The largest absolute Gasteiger partial charge is 0.317 e. The van der Waals surface area contributed by atoms with Gasteiger partial charge in [-0.3, -0.25) is 0 Å². The van der Waals surface area contributed by atoms with E-state index in [1.54, 1.807) is 23.9 Å². The van der Waals surface area contributed by atoms with Crippen LogP contribution in [0.15, 0.2) is 29.2 Å². The molecule has 1 aromatic carbocycles. The zero-order valence-electron chi connectivity index (χ0n) is 8.87. The van der Waals surface area contributed by atoms with E-state index in [0.29, 0.717) is 0 Å². The summed E-state index contributed by atoms with van der Waals surface area (Å²) in [5.74, 6) is -0.235. The van der Waals surface area contributed by atoms with E-state index in [2.05, 4.69) is 11.4 Å². The molecule has 0 bridgehead atoms. The fourth-order valence-corrected chi connectivity index (χ4v) is 2.97. The van der Waals surface area contributed by atoms with Gasteiger partial charge in [0, 0.05) is 4.90 Å². The van der Waals surface area contributed by atoms with Crippen molar-refractivity contribution in [2.75, 3.05) is 13.1 Å². The topological polar surface area (TPSA) is 35.8 Å². The van der Waals surface area contributed by atoms with Gasteiger partial charge >= 0.3 is 0 Å². The van der Waals surface area contributed by atoms with Crippen LogP contribution in [-0.2, 0) is 0 Å². The summed E-state index contributed by atoms with van der Waals surface area (Å²) in [4.78, 5) is 0.963. The van der Waals surface area contributed by atoms with Gasteiger partial charge in [-0.1, -0.05) is 0 Å². The minimum atomic E-state index is -0.344. The van der Waals surface area contributed by atoms with Crippen LogP contribution in [0.2, 0.25) is 0 Å². The molecule has 84 valence electrons. The average Bonchev–Trinajstić information content (AvgIpc) is 2.33. The lowest BCUT2D eigenvalue weighted by Gasteiger charge is -2.30. The highest BCUT2D eigenvalue weighted by Gasteiger charge is 2.33. The Morgan fingerprint density at radius 2 is 1.88 bits per heavy atom. The van der Waals surface area contributed by atoms with Crippen LogP contribution in [0.1, 0.15) is 12.8 Å². The second-order valence-corrected chi connectivity index (χ2v) is 5.37. The van der Waals surface area contributed by atoms with E-state index in [9.17, 15) is 9.65 Å². The first-order chi connectivity index (χ1) is 7.74. The van der Waals surface area contributed by atoms with E-state index < -0.39 is 0 Å². The predicted molar refractivity (Wildman–Crippen MR) is 62.7 cm³/mol. The average molecular weight is 236 g/mol. The summed E-state index contributed by atoms with van der Waals surface area (Å²) in [6.45, 7) is 1.75. The Balaban J connectivity index is 2.12. The van der Waals surface area contributed by atoms with Crippen molar-refractivity contribution in [3.05, 3.63) is 30.1 Å². The zero-order valence-corrected chi connectivity index (χ0v) is 9.69. The number of rotatable bonds is 2. The Kier molecular flexibility index (Phi) is 3.47. The maximum Gasteiger partial charge on any atom is 0.123 e. The molecule has 0 aliphatic carbocycles. The highest BCUT2D eigenvalue weighted by molar-refractivity contribution is 8.01. The van der Waals surface area contributed by atoms with Gasteiger partial charge in [-0.2, -0.15) is 5.26 Å². The van der Waals surface area contributed by atoms with Crippen molar-refractivity contribution in [1.29, 1.82) is 5.26 Å². The molecular weight excluding hydrogens is 223 g/mol. The summed E-state index contributed by atoms with van der Waals surface area (Å²) in [5, 5.41) is 12.5. The molecule has 2 nitrogen and oxygen atoms in total. The quantitative estimate of drug-likeness (QED) is 0.857. The lowest BCUT2D eigenvalue weighted by molar-refractivity contribution is 0.476. The van der Waals surface area contributed by atoms with Crippen LogP contribution in [0.4, 0.5) is 4.39 Å². The molecule has 0 saturated carbocycles. The van der Waals surface area contributed by atoms with Crippen LogP contribution in [0.3, 0.4) is 0 Å². The van der Waals surface area contributed by atoms with Crippen molar-refractivity contribution in [2.45, 2.75) is 22.5 Å². The summed E-state index contributed by atoms with van der Waals surface area (Å²) in [7, 11) is 0. The second kappa shape index (κ2) is 4.86. The Hall–Kier alpha value is -1.05. The number of piperidine rings is 1. The van der Waals surface area contributed by atoms with Crippen molar-refractivity contribution >= 4 is 11.8 Å². The van der Waals surface area contributed by atoms with Crippen molar-refractivity contribution in [2.24, 2.45) is 0 Å². The van der Waals surface area contributed by atoms with Crippen LogP contribution in [0.5, 0.6) is 0 Å². The fourth-order valence-electron chi connectivity index (χ4n) is 1.80.